The molecule has 3 nitrogen and oxygen atoms in total. The summed E-state index contributed by atoms with van der Waals surface area (Å²) in [5, 5.41) is 3.09. The Hall–Kier alpha value is -0.570. The number of hydrogen-bond donors (Lipinski definition) is 1. The first-order valence-electron chi connectivity index (χ1n) is 6.43. The molecule has 0 saturated heterocycles. The highest BCUT2D eigenvalue weighted by Crippen LogP contribution is 2.31. The maximum atomic E-state index is 11.6. The summed E-state index contributed by atoms with van der Waals surface area (Å²) in [5.41, 5.74) is 0.197. The number of nitrogens with zero attached hydrogens (tertiary/aromatic N) is 1. The second-order valence-electron chi connectivity index (χ2n) is 5.55. The van der Waals surface area contributed by atoms with Gasteiger partial charge in [-0.25, -0.2) is 0 Å². The molecule has 0 unspecified atom stereocenters. The molecule has 1 amide bonds. The van der Waals surface area contributed by atoms with Crippen LogP contribution in [0, 0.1) is 5.92 Å². The SMILES string of the molecule is CC(C)C(=O)NCC1(N(C)C)CCCCC1. The summed E-state index contributed by atoms with van der Waals surface area (Å²) in [6, 6.07) is 0. The molecule has 1 aliphatic carbocycles. The highest BCUT2D eigenvalue weighted by Gasteiger charge is 2.34. The van der Waals surface area contributed by atoms with Crippen molar-refractivity contribution in [2.75, 3.05) is 20.6 Å². The maximum Gasteiger partial charge on any atom is 0.222 e. The highest BCUT2D eigenvalue weighted by molar-refractivity contribution is 5.77. The maximum absolute atomic E-state index is 11.6. The Morgan fingerprint density at radius 1 is 1.25 bits per heavy atom. The third kappa shape index (κ3) is 3.21. The highest BCUT2D eigenvalue weighted by atomic mass is 16.1. The lowest BCUT2D eigenvalue weighted by Gasteiger charge is -2.43. The first kappa shape index (κ1) is 13.5. The standard InChI is InChI=1S/C13H26N2O/c1-11(2)12(16)14-10-13(15(3)4)8-6-5-7-9-13/h11H,5-10H2,1-4H3,(H,14,16). The monoisotopic (exact) mass is 226 g/mol. The molecule has 1 rings (SSSR count). The van der Waals surface area contributed by atoms with Gasteiger partial charge in [0.05, 0.1) is 0 Å². The van der Waals surface area contributed by atoms with Crippen LogP contribution >= 0.6 is 0 Å². The second kappa shape index (κ2) is 5.67. The Labute approximate surface area is 99.6 Å². The Bertz CT molecular complexity index is 230. The van der Waals surface area contributed by atoms with Crippen molar-refractivity contribution in [3.05, 3.63) is 0 Å². The van der Waals surface area contributed by atoms with E-state index >= 15 is 0 Å². The second-order valence-corrected chi connectivity index (χ2v) is 5.55. The van der Waals surface area contributed by atoms with Crippen LogP contribution < -0.4 is 5.32 Å². The molecule has 0 aromatic carbocycles. The van der Waals surface area contributed by atoms with Gasteiger partial charge in [-0.2, -0.15) is 0 Å². The predicted octanol–water partition coefficient (Wildman–Crippen LogP) is 2.02. The van der Waals surface area contributed by atoms with Gasteiger partial charge in [-0.1, -0.05) is 33.1 Å². The van der Waals surface area contributed by atoms with Gasteiger partial charge in [-0.15, -0.1) is 0 Å². The molecule has 0 aromatic heterocycles. The van der Waals surface area contributed by atoms with E-state index in [1.165, 1.54) is 32.1 Å². The van der Waals surface area contributed by atoms with Crippen molar-refractivity contribution in [2.24, 2.45) is 5.92 Å². The Morgan fingerprint density at radius 3 is 2.25 bits per heavy atom. The van der Waals surface area contributed by atoms with Crippen molar-refractivity contribution in [3.63, 3.8) is 0 Å². The largest absolute Gasteiger partial charge is 0.354 e. The average Bonchev–Trinajstić information content (AvgIpc) is 2.26. The van der Waals surface area contributed by atoms with Crippen LogP contribution in [-0.2, 0) is 4.79 Å². The number of likely N-dealkylation sites (N-methyl/N-ethyl adjacent to an activating group) is 1. The minimum atomic E-state index is 0.0859. The van der Waals surface area contributed by atoms with E-state index in [1.807, 2.05) is 13.8 Å². The number of carbonyl (C=O) groups is 1. The molecule has 0 atom stereocenters. The number of rotatable bonds is 4. The first-order valence-corrected chi connectivity index (χ1v) is 6.43. The lowest BCUT2D eigenvalue weighted by atomic mass is 9.80. The molecule has 0 aliphatic heterocycles. The van der Waals surface area contributed by atoms with Gasteiger partial charge in [0.1, 0.15) is 0 Å². The lowest BCUT2D eigenvalue weighted by molar-refractivity contribution is -0.124. The van der Waals surface area contributed by atoms with Crippen LogP contribution in [0.3, 0.4) is 0 Å². The van der Waals surface area contributed by atoms with Crippen LogP contribution in [0.4, 0.5) is 0 Å². The van der Waals surface area contributed by atoms with Crippen LogP contribution in [0.25, 0.3) is 0 Å². The molecule has 1 fully saturated rings. The summed E-state index contributed by atoms with van der Waals surface area (Å²) >= 11 is 0. The quantitative estimate of drug-likeness (QED) is 0.795. The van der Waals surface area contributed by atoms with E-state index < -0.39 is 0 Å². The molecule has 0 radical (unpaired) electrons. The van der Waals surface area contributed by atoms with Crippen molar-refractivity contribution < 1.29 is 4.79 Å². The molecule has 1 aliphatic rings. The fourth-order valence-corrected chi connectivity index (χ4v) is 2.45. The third-order valence-electron chi connectivity index (χ3n) is 3.85. The van der Waals surface area contributed by atoms with Crippen molar-refractivity contribution in [1.82, 2.24) is 10.2 Å². The van der Waals surface area contributed by atoms with Crippen molar-refractivity contribution in [3.8, 4) is 0 Å². The average molecular weight is 226 g/mol. The van der Waals surface area contributed by atoms with Gasteiger partial charge in [0, 0.05) is 18.0 Å². The van der Waals surface area contributed by atoms with Crippen LogP contribution in [0.5, 0.6) is 0 Å². The molecule has 0 heterocycles. The van der Waals surface area contributed by atoms with Gasteiger partial charge >= 0.3 is 0 Å². The summed E-state index contributed by atoms with van der Waals surface area (Å²) in [4.78, 5) is 13.9. The van der Waals surface area contributed by atoms with Crippen LogP contribution in [0.1, 0.15) is 46.0 Å². The molecular formula is C13H26N2O. The Morgan fingerprint density at radius 2 is 1.81 bits per heavy atom. The molecule has 16 heavy (non-hydrogen) atoms. The number of hydrogen-bond acceptors (Lipinski definition) is 2. The minimum Gasteiger partial charge on any atom is -0.354 e. The number of carbonyl (C=O) groups excluding carboxylic acids is 1. The summed E-state index contributed by atoms with van der Waals surface area (Å²) in [5.74, 6) is 0.259. The molecule has 1 saturated carbocycles. The van der Waals surface area contributed by atoms with E-state index in [0.29, 0.717) is 0 Å². The zero-order valence-corrected chi connectivity index (χ0v) is 11.2. The van der Waals surface area contributed by atoms with E-state index in [9.17, 15) is 4.79 Å². The lowest BCUT2D eigenvalue weighted by Crippen LogP contribution is -2.54. The van der Waals surface area contributed by atoms with E-state index in [4.69, 9.17) is 0 Å². The van der Waals surface area contributed by atoms with Crippen LogP contribution in [0.15, 0.2) is 0 Å². The van der Waals surface area contributed by atoms with Gasteiger partial charge in [-0.3, -0.25) is 4.79 Å². The minimum absolute atomic E-state index is 0.0859. The van der Waals surface area contributed by atoms with Gasteiger partial charge in [0.2, 0.25) is 5.91 Å². The molecular weight excluding hydrogens is 200 g/mol. The van der Waals surface area contributed by atoms with E-state index in [2.05, 4.69) is 24.3 Å². The molecule has 3 heteroatoms. The number of amides is 1. The first-order chi connectivity index (χ1) is 7.48. The fraction of sp³-hybridized carbons (Fsp3) is 0.923. The Kier molecular flexibility index (Phi) is 4.78. The third-order valence-corrected chi connectivity index (χ3v) is 3.85. The van der Waals surface area contributed by atoms with E-state index in [-0.39, 0.29) is 17.4 Å². The van der Waals surface area contributed by atoms with Crippen LogP contribution in [0.2, 0.25) is 0 Å². The zero-order valence-electron chi connectivity index (χ0n) is 11.2. The normalized spacial score (nSPS) is 20.1. The number of nitrogens with one attached hydrogen (secondary N) is 1. The van der Waals surface area contributed by atoms with Crippen molar-refractivity contribution >= 4 is 5.91 Å². The van der Waals surface area contributed by atoms with Gasteiger partial charge < -0.3 is 10.2 Å². The predicted molar refractivity (Wildman–Crippen MR) is 67.4 cm³/mol. The van der Waals surface area contributed by atoms with Gasteiger partial charge in [0.15, 0.2) is 0 Å². The van der Waals surface area contributed by atoms with Gasteiger partial charge in [0.25, 0.3) is 0 Å². The van der Waals surface area contributed by atoms with E-state index in [1.54, 1.807) is 0 Å². The van der Waals surface area contributed by atoms with E-state index in [0.717, 1.165) is 6.54 Å². The van der Waals surface area contributed by atoms with Crippen molar-refractivity contribution in [2.45, 2.75) is 51.5 Å². The van der Waals surface area contributed by atoms with Crippen LogP contribution in [-0.4, -0.2) is 37.0 Å². The smallest absolute Gasteiger partial charge is 0.222 e. The molecule has 0 spiro atoms. The van der Waals surface area contributed by atoms with Crippen molar-refractivity contribution in [1.29, 1.82) is 0 Å². The zero-order chi connectivity index (χ0) is 12.2. The molecule has 0 bridgehead atoms. The summed E-state index contributed by atoms with van der Waals surface area (Å²) < 4.78 is 0. The Balaban J connectivity index is 2.54. The summed E-state index contributed by atoms with van der Waals surface area (Å²) in [7, 11) is 4.26. The fourth-order valence-electron chi connectivity index (χ4n) is 2.45. The molecule has 1 N–H and O–H groups in total. The topological polar surface area (TPSA) is 32.3 Å². The summed E-state index contributed by atoms with van der Waals surface area (Å²) in [6.45, 7) is 4.69. The molecule has 94 valence electrons. The van der Waals surface area contributed by atoms with Gasteiger partial charge in [-0.05, 0) is 26.9 Å². The molecule has 0 aromatic rings. The summed E-state index contributed by atoms with van der Waals surface area (Å²) in [6.07, 6.45) is 6.33.